The maximum Gasteiger partial charge on any atom is 0.339 e. The van der Waals surface area contributed by atoms with Gasteiger partial charge in [-0.2, -0.15) is 0 Å². The maximum atomic E-state index is 12.9. The summed E-state index contributed by atoms with van der Waals surface area (Å²) in [6.45, 7) is 5.09. The summed E-state index contributed by atoms with van der Waals surface area (Å²) in [5, 5.41) is 2.57. The number of benzene rings is 2. The van der Waals surface area contributed by atoms with Gasteiger partial charge in [0.15, 0.2) is 12.4 Å². The van der Waals surface area contributed by atoms with E-state index < -0.39 is 16.6 Å². The third kappa shape index (κ3) is 5.95. The van der Waals surface area contributed by atoms with Gasteiger partial charge in [0, 0.05) is 16.4 Å². The van der Waals surface area contributed by atoms with Gasteiger partial charge in [0.25, 0.3) is 0 Å². The highest BCUT2D eigenvalue weighted by atomic mass is 32.2. The van der Waals surface area contributed by atoms with Crippen LogP contribution in [0.1, 0.15) is 54.8 Å². The standard InChI is InChI=1S/C24H27NO4S/c1-24(2,3)20(26)15-29-23(28)18-11-7-8-12-19(18)30-21(16-9-5-4-6-10-16)22(27)25-17-13-14-17/h4-12,17,21H,13-15H2,1-3H3,(H,25,27). The summed E-state index contributed by atoms with van der Waals surface area (Å²) in [6, 6.07) is 16.8. The fraction of sp³-hybridized carbons (Fsp3) is 0.375. The minimum Gasteiger partial charge on any atom is -0.454 e. The molecule has 0 bridgehead atoms. The van der Waals surface area contributed by atoms with Gasteiger partial charge < -0.3 is 10.1 Å². The number of hydrogen-bond donors (Lipinski definition) is 1. The summed E-state index contributed by atoms with van der Waals surface area (Å²) < 4.78 is 5.28. The Bertz CT molecular complexity index is 916. The van der Waals surface area contributed by atoms with Crippen molar-refractivity contribution in [1.29, 1.82) is 0 Å². The fourth-order valence-corrected chi connectivity index (χ4v) is 3.85. The monoisotopic (exact) mass is 425 g/mol. The molecule has 5 nitrogen and oxygen atoms in total. The second kappa shape index (κ2) is 9.47. The van der Waals surface area contributed by atoms with E-state index in [1.807, 2.05) is 36.4 Å². The predicted molar refractivity (Wildman–Crippen MR) is 117 cm³/mol. The summed E-state index contributed by atoms with van der Waals surface area (Å²) in [6.07, 6.45) is 2.01. The number of carbonyl (C=O) groups is 3. The maximum absolute atomic E-state index is 12.9. The molecule has 1 aliphatic rings. The summed E-state index contributed by atoms with van der Waals surface area (Å²) >= 11 is 1.32. The van der Waals surface area contributed by atoms with Crippen LogP contribution in [-0.4, -0.2) is 30.3 Å². The summed E-state index contributed by atoms with van der Waals surface area (Å²) in [5.41, 5.74) is 0.643. The number of ether oxygens (including phenoxy) is 1. The van der Waals surface area contributed by atoms with Gasteiger partial charge in [-0.25, -0.2) is 4.79 Å². The predicted octanol–water partition coefficient (Wildman–Crippen LogP) is 4.57. The van der Waals surface area contributed by atoms with Crippen LogP contribution in [0.2, 0.25) is 0 Å². The number of thioether (sulfide) groups is 1. The first-order valence-electron chi connectivity index (χ1n) is 10.1. The lowest BCUT2D eigenvalue weighted by atomic mass is 9.91. The molecule has 0 aromatic heterocycles. The number of carbonyl (C=O) groups excluding carboxylic acids is 3. The van der Waals surface area contributed by atoms with Gasteiger partial charge in [-0.3, -0.25) is 9.59 Å². The van der Waals surface area contributed by atoms with Crippen molar-refractivity contribution in [1.82, 2.24) is 5.32 Å². The van der Waals surface area contributed by atoms with Crippen molar-refractivity contribution in [3.05, 3.63) is 65.7 Å². The van der Waals surface area contributed by atoms with Crippen molar-refractivity contribution in [2.45, 2.75) is 49.8 Å². The Hall–Kier alpha value is -2.60. The lowest BCUT2D eigenvalue weighted by molar-refractivity contribution is -0.129. The van der Waals surface area contributed by atoms with Crippen LogP contribution in [0.5, 0.6) is 0 Å². The molecule has 1 aliphatic carbocycles. The van der Waals surface area contributed by atoms with E-state index in [2.05, 4.69) is 5.32 Å². The van der Waals surface area contributed by atoms with Crippen LogP contribution in [0.15, 0.2) is 59.5 Å². The van der Waals surface area contributed by atoms with Crippen LogP contribution < -0.4 is 5.32 Å². The molecule has 1 amide bonds. The molecule has 0 aliphatic heterocycles. The Morgan fingerprint density at radius 1 is 1.03 bits per heavy atom. The molecule has 2 aromatic rings. The number of rotatable bonds is 8. The molecule has 0 saturated heterocycles. The van der Waals surface area contributed by atoms with E-state index in [9.17, 15) is 14.4 Å². The third-order valence-electron chi connectivity index (χ3n) is 4.79. The number of esters is 1. The van der Waals surface area contributed by atoms with Crippen molar-refractivity contribution < 1.29 is 19.1 Å². The highest BCUT2D eigenvalue weighted by Gasteiger charge is 2.30. The van der Waals surface area contributed by atoms with Gasteiger partial charge in [0.1, 0.15) is 5.25 Å². The van der Waals surface area contributed by atoms with Crippen molar-refractivity contribution in [3.8, 4) is 0 Å². The zero-order valence-electron chi connectivity index (χ0n) is 17.5. The van der Waals surface area contributed by atoms with Crippen LogP contribution >= 0.6 is 11.8 Å². The second-order valence-corrected chi connectivity index (χ2v) is 9.58. The molecule has 0 radical (unpaired) electrons. The Labute approximate surface area is 181 Å². The highest BCUT2D eigenvalue weighted by molar-refractivity contribution is 8.00. The Kier molecular flexibility index (Phi) is 6.98. The molecular weight excluding hydrogens is 398 g/mol. The topological polar surface area (TPSA) is 72.5 Å². The van der Waals surface area contributed by atoms with E-state index in [0.29, 0.717) is 10.5 Å². The molecule has 1 unspecified atom stereocenters. The molecule has 30 heavy (non-hydrogen) atoms. The summed E-state index contributed by atoms with van der Waals surface area (Å²) in [4.78, 5) is 38.4. The molecule has 158 valence electrons. The smallest absolute Gasteiger partial charge is 0.339 e. The fourth-order valence-electron chi connectivity index (χ4n) is 2.70. The minimum atomic E-state index is -0.576. The first-order valence-corrected chi connectivity index (χ1v) is 10.9. The van der Waals surface area contributed by atoms with Crippen LogP contribution in [-0.2, 0) is 14.3 Å². The van der Waals surface area contributed by atoms with Crippen LogP contribution in [0.25, 0.3) is 0 Å². The SMILES string of the molecule is CC(C)(C)C(=O)COC(=O)c1ccccc1SC(C(=O)NC1CC1)c1ccccc1. The Balaban J connectivity index is 1.79. The molecular formula is C24H27NO4S. The van der Waals surface area contributed by atoms with Gasteiger partial charge in [0.2, 0.25) is 5.91 Å². The van der Waals surface area contributed by atoms with Gasteiger partial charge in [0.05, 0.1) is 5.56 Å². The first-order chi connectivity index (χ1) is 14.3. The first kappa shape index (κ1) is 22.1. The quantitative estimate of drug-likeness (QED) is 0.495. The van der Waals surface area contributed by atoms with E-state index >= 15 is 0 Å². The largest absolute Gasteiger partial charge is 0.454 e. The summed E-state index contributed by atoms with van der Waals surface area (Å²) in [5.74, 6) is -0.781. The van der Waals surface area contributed by atoms with E-state index in [0.717, 1.165) is 18.4 Å². The van der Waals surface area contributed by atoms with Crippen molar-refractivity contribution >= 4 is 29.4 Å². The summed E-state index contributed by atoms with van der Waals surface area (Å²) in [7, 11) is 0. The lowest BCUT2D eigenvalue weighted by Gasteiger charge is -2.19. The molecule has 1 atom stereocenters. The molecule has 2 aromatic carbocycles. The zero-order chi connectivity index (χ0) is 21.7. The third-order valence-corrected chi connectivity index (χ3v) is 6.12. The van der Waals surface area contributed by atoms with Gasteiger partial charge in [-0.05, 0) is 30.5 Å². The van der Waals surface area contributed by atoms with E-state index in [1.165, 1.54) is 11.8 Å². The van der Waals surface area contributed by atoms with Gasteiger partial charge in [-0.15, -0.1) is 11.8 Å². The molecule has 6 heteroatoms. The number of hydrogen-bond acceptors (Lipinski definition) is 5. The lowest BCUT2D eigenvalue weighted by Crippen LogP contribution is -2.30. The minimum absolute atomic E-state index is 0.0696. The second-order valence-electron chi connectivity index (χ2n) is 8.44. The van der Waals surface area contributed by atoms with Crippen molar-refractivity contribution in [3.63, 3.8) is 0 Å². The molecule has 1 saturated carbocycles. The Morgan fingerprint density at radius 2 is 1.67 bits per heavy atom. The van der Waals surface area contributed by atoms with Crippen LogP contribution in [0.3, 0.4) is 0 Å². The molecule has 1 fully saturated rings. The van der Waals surface area contributed by atoms with Crippen molar-refractivity contribution in [2.24, 2.45) is 5.41 Å². The molecule has 0 spiro atoms. The average molecular weight is 426 g/mol. The van der Waals surface area contributed by atoms with E-state index in [4.69, 9.17) is 4.74 Å². The van der Waals surface area contributed by atoms with Crippen LogP contribution in [0, 0.1) is 5.41 Å². The Morgan fingerprint density at radius 3 is 2.30 bits per heavy atom. The number of amides is 1. The molecule has 0 heterocycles. The number of ketones is 1. The van der Waals surface area contributed by atoms with E-state index in [1.54, 1.807) is 39.0 Å². The van der Waals surface area contributed by atoms with E-state index in [-0.39, 0.29) is 24.3 Å². The number of nitrogens with one attached hydrogen (secondary N) is 1. The van der Waals surface area contributed by atoms with Gasteiger partial charge in [-0.1, -0.05) is 63.2 Å². The van der Waals surface area contributed by atoms with Crippen LogP contribution in [0.4, 0.5) is 0 Å². The number of Topliss-reactive ketones (excluding diaryl/α,β-unsaturated/α-hetero) is 1. The zero-order valence-corrected chi connectivity index (χ0v) is 18.3. The molecule has 3 rings (SSSR count). The average Bonchev–Trinajstić information content (AvgIpc) is 3.54. The molecule has 1 N–H and O–H groups in total. The normalized spacial score (nSPS) is 14.6. The van der Waals surface area contributed by atoms with Crippen molar-refractivity contribution in [2.75, 3.05) is 6.61 Å². The highest BCUT2D eigenvalue weighted by Crippen LogP contribution is 2.38. The van der Waals surface area contributed by atoms with Gasteiger partial charge >= 0.3 is 5.97 Å².